The van der Waals surface area contributed by atoms with Crippen molar-refractivity contribution < 1.29 is 9.59 Å². The van der Waals surface area contributed by atoms with Gasteiger partial charge in [-0.05, 0) is 25.7 Å². The molecule has 0 aromatic rings. The van der Waals surface area contributed by atoms with Gasteiger partial charge < -0.3 is 10.6 Å². The van der Waals surface area contributed by atoms with E-state index in [-0.39, 0.29) is 24.4 Å². The summed E-state index contributed by atoms with van der Waals surface area (Å²) in [7, 11) is 0. The zero-order chi connectivity index (χ0) is 15.0. The average molecular weight is 283 g/mol. The van der Waals surface area contributed by atoms with Gasteiger partial charge in [-0.3, -0.25) is 14.9 Å². The topological polar surface area (TPSA) is 70.2 Å². The van der Waals surface area contributed by atoms with Crippen molar-refractivity contribution in [3.05, 3.63) is 0 Å². The monoisotopic (exact) mass is 283 g/mol. The molecule has 5 heteroatoms. The predicted molar refractivity (Wildman–Crippen MR) is 80.3 cm³/mol. The number of hydrogen-bond donors (Lipinski definition) is 3. The lowest BCUT2D eigenvalue weighted by Crippen LogP contribution is -2.48. The molecule has 0 radical (unpaired) electrons. The molecule has 0 aromatic heterocycles. The van der Waals surface area contributed by atoms with Gasteiger partial charge in [-0.1, -0.05) is 33.1 Å². The highest BCUT2D eigenvalue weighted by atomic mass is 16.2. The Morgan fingerprint density at radius 2 is 1.75 bits per heavy atom. The van der Waals surface area contributed by atoms with Gasteiger partial charge in [-0.2, -0.15) is 0 Å². The second-order valence-electron chi connectivity index (χ2n) is 6.14. The summed E-state index contributed by atoms with van der Waals surface area (Å²) in [5, 5.41) is 8.86. The summed E-state index contributed by atoms with van der Waals surface area (Å²) < 4.78 is 0. The molecule has 2 amide bonds. The summed E-state index contributed by atoms with van der Waals surface area (Å²) in [5.41, 5.74) is 0. The van der Waals surface area contributed by atoms with Crippen LogP contribution in [0, 0.1) is 5.92 Å². The molecular weight excluding hydrogens is 254 g/mol. The number of hydrogen-bond acceptors (Lipinski definition) is 3. The van der Waals surface area contributed by atoms with E-state index in [9.17, 15) is 9.59 Å². The van der Waals surface area contributed by atoms with Crippen LogP contribution in [0.15, 0.2) is 0 Å². The molecule has 1 aliphatic rings. The van der Waals surface area contributed by atoms with Crippen LogP contribution in [0.4, 0.5) is 0 Å². The van der Waals surface area contributed by atoms with E-state index in [4.69, 9.17) is 0 Å². The van der Waals surface area contributed by atoms with Gasteiger partial charge in [0.15, 0.2) is 0 Å². The molecule has 116 valence electrons. The van der Waals surface area contributed by atoms with E-state index in [1.54, 1.807) is 6.92 Å². The van der Waals surface area contributed by atoms with Crippen molar-refractivity contribution in [3.8, 4) is 0 Å². The molecule has 1 fully saturated rings. The lowest BCUT2D eigenvalue weighted by atomic mass is 9.95. The van der Waals surface area contributed by atoms with E-state index in [0.29, 0.717) is 18.5 Å². The fourth-order valence-electron chi connectivity index (χ4n) is 2.32. The number of carbonyl (C=O) groups is 2. The van der Waals surface area contributed by atoms with Crippen LogP contribution in [-0.2, 0) is 9.59 Å². The standard InChI is InChI=1S/C15H29N3O2/c1-11(2)9-17-15(20)12(3)16-10-14(19)18-13-7-5-4-6-8-13/h11-13,16H,4-10H2,1-3H3,(H,17,20)(H,18,19). The Balaban J connectivity index is 2.17. The second kappa shape index (κ2) is 8.95. The number of carbonyl (C=O) groups excluding carboxylic acids is 2. The molecule has 0 aromatic carbocycles. The highest BCUT2D eigenvalue weighted by Crippen LogP contribution is 2.17. The Labute approximate surface area is 122 Å². The van der Waals surface area contributed by atoms with Crippen LogP contribution in [0.25, 0.3) is 0 Å². The molecule has 5 nitrogen and oxygen atoms in total. The molecular formula is C15H29N3O2. The number of amides is 2. The first-order valence-electron chi connectivity index (χ1n) is 7.79. The van der Waals surface area contributed by atoms with Crippen LogP contribution >= 0.6 is 0 Å². The van der Waals surface area contributed by atoms with Crippen molar-refractivity contribution in [1.82, 2.24) is 16.0 Å². The van der Waals surface area contributed by atoms with Gasteiger partial charge in [0.05, 0.1) is 12.6 Å². The van der Waals surface area contributed by atoms with Crippen LogP contribution in [0.3, 0.4) is 0 Å². The van der Waals surface area contributed by atoms with Crippen molar-refractivity contribution in [2.45, 2.75) is 65.0 Å². The molecule has 0 bridgehead atoms. The molecule has 20 heavy (non-hydrogen) atoms. The smallest absolute Gasteiger partial charge is 0.236 e. The number of nitrogens with one attached hydrogen (secondary N) is 3. The zero-order valence-corrected chi connectivity index (χ0v) is 13.0. The lowest BCUT2D eigenvalue weighted by molar-refractivity contribution is -0.123. The molecule has 0 aliphatic heterocycles. The van der Waals surface area contributed by atoms with E-state index in [1.165, 1.54) is 19.3 Å². The largest absolute Gasteiger partial charge is 0.354 e. The fraction of sp³-hybridized carbons (Fsp3) is 0.867. The van der Waals surface area contributed by atoms with Crippen molar-refractivity contribution in [2.24, 2.45) is 5.92 Å². The van der Waals surface area contributed by atoms with E-state index in [1.807, 2.05) is 0 Å². The second-order valence-corrected chi connectivity index (χ2v) is 6.14. The van der Waals surface area contributed by atoms with E-state index >= 15 is 0 Å². The molecule has 1 saturated carbocycles. The molecule has 3 N–H and O–H groups in total. The summed E-state index contributed by atoms with van der Waals surface area (Å²) in [5.74, 6) is 0.366. The zero-order valence-electron chi connectivity index (χ0n) is 13.0. The normalized spacial score (nSPS) is 17.8. The van der Waals surface area contributed by atoms with Gasteiger partial charge in [0.1, 0.15) is 0 Å². The quantitative estimate of drug-likeness (QED) is 0.657. The summed E-state index contributed by atoms with van der Waals surface area (Å²) in [4.78, 5) is 23.5. The van der Waals surface area contributed by atoms with Crippen molar-refractivity contribution in [3.63, 3.8) is 0 Å². The van der Waals surface area contributed by atoms with E-state index in [2.05, 4.69) is 29.8 Å². The van der Waals surface area contributed by atoms with Crippen LogP contribution in [0.1, 0.15) is 52.9 Å². The van der Waals surface area contributed by atoms with Crippen LogP contribution in [0.5, 0.6) is 0 Å². The molecule has 1 atom stereocenters. The van der Waals surface area contributed by atoms with Crippen molar-refractivity contribution in [2.75, 3.05) is 13.1 Å². The maximum absolute atomic E-state index is 11.8. The third-order valence-corrected chi connectivity index (χ3v) is 3.62. The maximum Gasteiger partial charge on any atom is 0.236 e. The fourth-order valence-corrected chi connectivity index (χ4v) is 2.32. The molecule has 0 saturated heterocycles. The third kappa shape index (κ3) is 6.89. The first-order chi connectivity index (χ1) is 9.49. The first-order valence-corrected chi connectivity index (χ1v) is 7.79. The highest BCUT2D eigenvalue weighted by molar-refractivity contribution is 5.83. The van der Waals surface area contributed by atoms with Gasteiger partial charge in [0.25, 0.3) is 0 Å². The third-order valence-electron chi connectivity index (χ3n) is 3.62. The van der Waals surface area contributed by atoms with E-state index in [0.717, 1.165) is 12.8 Å². The molecule has 1 unspecified atom stereocenters. The molecule has 1 aliphatic carbocycles. The molecule has 0 spiro atoms. The molecule has 1 rings (SSSR count). The Hall–Kier alpha value is -1.10. The minimum absolute atomic E-state index is 0.0135. The van der Waals surface area contributed by atoms with Gasteiger partial charge >= 0.3 is 0 Å². The maximum atomic E-state index is 11.8. The highest BCUT2D eigenvalue weighted by Gasteiger charge is 2.17. The SMILES string of the molecule is CC(C)CNC(=O)C(C)NCC(=O)NC1CCCCC1. The summed E-state index contributed by atoms with van der Waals surface area (Å²) >= 11 is 0. The van der Waals surface area contributed by atoms with E-state index < -0.39 is 0 Å². The summed E-state index contributed by atoms with van der Waals surface area (Å²) in [6.45, 7) is 6.75. The van der Waals surface area contributed by atoms with Gasteiger partial charge in [0, 0.05) is 12.6 Å². The minimum atomic E-state index is -0.342. The predicted octanol–water partition coefficient (Wildman–Crippen LogP) is 1.19. The Morgan fingerprint density at radius 1 is 1.10 bits per heavy atom. The van der Waals surface area contributed by atoms with Gasteiger partial charge in [0.2, 0.25) is 11.8 Å². The Bertz CT molecular complexity index is 312. The number of rotatable bonds is 7. The average Bonchev–Trinajstić information content (AvgIpc) is 2.43. The summed E-state index contributed by atoms with van der Waals surface area (Å²) in [6, 6.07) is -0.0195. The van der Waals surface area contributed by atoms with Crippen molar-refractivity contribution in [1.29, 1.82) is 0 Å². The summed E-state index contributed by atoms with van der Waals surface area (Å²) in [6.07, 6.45) is 5.84. The Morgan fingerprint density at radius 3 is 2.35 bits per heavy atom. The molecule has 0 heterocycles. The Kier molecular flexibility index (Phi) is 7.59. The van der Waals surface area contributed by atoms with Gasteiger partial charge in [-0.15, -0.1) is 0 Å². The lowest BCUT2D eigenvalue weighted by Gasteiger charge is -2.23. The van der Waals surface area contributed by atoms with Crippen LogP contribution in [-0.4, -0.2) is 37.0 Å². The minimum Gasteiger partial charge on any atom is -0.354 e. The van der Waals surface area contributed by atoms with Crippen molar-refractivity contribution >= 4 is 11.8 Å². The van der Waals surface area contributed by atoms with Gasteiger partial charge in [-0.25, -0.2) is 0 Å². The van der Waals surface area contributed by atoms with Crippen LogP contribution in [0.2, 0.25) is 0 Å². The van der Waals surface area contributed by atoms with Crippen LogP contribution < -0.4 is 16.0 Å². The first kappa shape index (κ1) is 17.0.